The lowest BCUT2D eigenvalue weighted by molar-refractivity contribution is -0.161. The van der Waals surface area contributed by atoms with Crippen LogP contribution >= 0.6 is 15.6 Å². The number of phosphoric acid groups is 2. The molecular weight excluding hydrogens is 1250 g/mol. The predicted octanol–water partition coefficient (Wildman–Crippen LogP) is 22.2. The largest absolute Gasteiger partial charge is 0.472 e. The van der Waals surface area contributed by atoms with E-state index in [2.05, 4.69) is 52.0 Å². The van der Waals surface area contributed by atoms with Gasteiger partial charge in [-0.3, -0.25) is 37.3 Å². The molecule has 0 saturated heterocycles. The number of allylic oxidation sites excluding steroid dienone is 4. The van der Waals surface area contributed by atoms with Crippen molar-refractivity contribution in [2.24, 2.45) is 0 Å². The number of carbonyl (C=O) groups is 4. The Labute approximate surface area is 580 Å². The third kappa shape index (κ3) is 69.8. The monoisotopic (exact) mass is 1390 g/mol. The van der Waals surface area contributed by atoms with Gasteiger partial charge in [0.25, 0.3) is 0 Å². The van der Waals surface area contributed by atoms with Crippen LogP contribution in [0.5, 0.6) is 0 Å². The molecule has 0 radical (unpaired) electrons. The fraction of sp³-hybridized carbons (Fsp3) is 0.895. The van der Waals surface area contributed by atoms with Crippen LogP contribution in [0.4, 0.5) is 0 Å². The summed E-state index contributed by atoms with van der Waals surface area (Å²) in [5.74, 6) is -2.14. The van der Waals surface area contributed by atoms with Crippen LogP contribution in [0.25, 0.3) is 0 Å². The van der Waals surface area contributed by atoms with Crippen LogP contribution in [0.2, 0.25) is 0 Å². The smallest absolute Gasteiger partial charge is 0.462 e. The minimum Gasteiger partial charge on any atom is -0.462 e. The number of aliphatic hydroxyl groups is 1. The van der Waals surface area contributed by atoms with Gasteiger partial charge in [-0.05, 0) is 51.4 Å². The Kier molecular flexibility index (Phi) is 68.2. The fourth-order valence-corrected chi connectivity index (χ4v) is 12.8. The van der Waals surface area contributed by atoms with E-state index in [1.54, 1.807) is 0 Å². The van der Waals surface area contributed by atoms with Crippen LogP contribution in [-0.2, 0) is 65.4 Å². The van der Waals surface area contributed by atoms with Crippen molar-refractivity contribution in [1.82, 2.24) is 0 Å². The molecule has 0 saturated carbocycles. The molecule has 0 aromatic rings. The van der Waals surface area contributed by atoms with Crippen LogP contribution in [0.1, 0.15) is 381 Å². The molecule has 0 amide bonds. The Balaban J connectivity index is 5.26. The zero-order valence-corrected chi connectivity index (χ0v) is 62.9. The molecule has 0 heterocycles. The van der Waals surface area contributed by atoms with Gasteiger partial charge in [0, 0.05) is 25.7 Å². The first kappa shape index (κ1) is 92.5. The van der Waals surface area contributed by atoms with E-state index in [-0.39, 0.29) is 25.7 Å². The van der Waals surface area contributed by atoms with Crippen molar-refractivity contribution in [3.8, 4) is 0 Å². The quantitative estimate of drug-likeness (QED) is 0.0169. The van der Waals surface area contributed by atoms with Crippen LogP contribution < -0.4 is 0 Å². The summed E-state index contributed by atoms with van der Waals surface area (Å²) in [7, 11) is -9.92. The van der Waals surface area contributed by atoms with Crippen molar-refractivity contribution in [2.75, 3.05) is 39.6 Å². The SMILES string of the molecule is CCCCCC/C=C\C=C/CCCCCCCC(=O)OC[C@H](COP(=O)(O)OC[C@@H](O)COP(=O)(O)OC[C@@H](COC(=O)CCCCCCCCCCC)OC(=O)CCCCCCCCCCCCCCC)OC(=O)CCCCCCCCCCCCCCCCCCCC. The summed E-state index contributed by atoms with van der Waals surface area (Å²) in [6.07, 6.45) is 63.1. The standard InChI is InChI=1S/C76H144O17P2/c1-5-9-13-17-21-25-28-31-33-34-35-37-40-43-47-51-55-59-63-76(81)93-72(67-87-74(79)61-57-53-49-45-41-39-36-32-29-26-22-18-14-10-6-2)69-91-95(84,85)89-65-70(77)64-88-94(82,83)90-68-71(66-86-73(78)60-56-52-48-44-24-20-16-12-8-4)92-75(80)62-58-54-50-46-42-38-30-27-23-19-15-11-7-3/h26,29,32,36,70-72,77H,5-25,27-28,30-31,33-35,37-69H2,1-4H3,(H,82,83)(H,84,85)/b29-26-,36-32-/t70-,71+,72+/m0/s1. The van der Waals surface area contributed by atoms with E-state index in [1.165, 1.54) is 193 Å². The molecule has 0 fully saturated rings. The van der Waals surface area contributed by atoms with E-state index >= 15 is 0 Å². The molecule has 95 heavy (non-hydrogen) atoms. The fourth-order valence-electron chi connectivity index (χ4n) is 11.2. The maximum absolute atomic E-state index is 13.1. The summed E-state index contributed by atoms with van der Waals surface area (Å²) in [6, 6.07) is 0. The van der Waals surface area contributed by atoms with E-state index < -0.39 is 97.5 Å². The normalized spacial score (nSPS) is 14.1. The summed E-state index contributed by atoms with van der Waals surface area (Å²) >= 11 is 0. The Hall–Kier alpha value is -2.46. The lowest BCUT2D eigenvalue weighted by Gasteiger charge is -2.21. The molecule has 3 N–H and O–H groups in total. The van der Waals surface area contributed by atoms with Gasteiger partial charge < -0.3 is 33.8 Å². The number of ether oxygens (including phenoxy) is 4. The molecule has 0 aliphatic rings. The summed E-state index contributed by atoms with van der Waals surface area (Å²) in [5.41, 5.74) is 0. The molecule has 17 nitrogen and oxygen atoms in total. The Morgan fingerprint density at radius 2 is 0.505 bits per heavy atom. The van der Waals surface area contributed by atoms with E-state index in [4.69, 9.17) is 37.0 Å². The maximum atomic E-state index is 13.1. The number of hydrogen-bond acceptors (Lipinski definition) is 15. The predicted molar refractivity (Wildman–Crippen MR) is 386 cm³/mol. The Morgan fingerprint density at radius 1 is 0.295 bits per heavy atom. The van der Waals surface area contributed by atoms with Crippen molar-refractivity contribution < 1.29 is 80.2 Å². The first-order valence-corrected chi connectivity index (χ1v) is 42.1. The molecule has 19 heteroatoms. The van der Waals surface area contributed by atoms with Crippen LogP contribution in [0.15, 0.2) is 24.3 Å². The summed E-state index contributed by atoms with van der Waals surface area (Å²) in [5, 5.41) is 10.6. The van der Waals surface area contributed by atoms with E-state index in [0.717, 1.165) is 109 Å². The van der Waals surface area contributed by atoms with E-state index in [0.29, 0.717) is 25.7 Å². The van der Waals surface area contributed by atoms with Crippen molar-refractivity contribution in [1.29, 1.82) is 0 Å². The highest BCUT2D eigenvalue weighted by atomic mass is 31.2. The summed E-state index contributed by atoms with van der Waals surface area (Å²) < 4.78 is 68.4. The molecular formula is C76H144O17P2. The molecule has 0 aromatic heterocycles. The number of hydrogen-bond donors (Lipinski definition) is 3. The second-order valence-corrected chi connectivity index (χ2v) is 29.6. The second-order valence-electron chi connectivity index (χ2n) is 26.7. The van der Waals surface area contributed by atoms with Crippen LogP contribution in [0.3, 0.4) is 0 Å². The molecule has 2 unspecified atom stereocenters. The average Bonchev–Trinajstić information content (AvgIpc) is 1.44. The number of unbranched alkanes of at least 4 members (excludes halogenated alkanes) is 46. The van der Waals surface area contributed by atoms with Gasteiger partial charge in [0.2, 0.25) is 0 Å². The minimum atomic E-state index is -4.96. The van der Waals surface area contributed by atoms with Gasteiger partial charge in [-0.1, -0.05) is 328 Å². The summed E-state index contributed by atoms with van der Waals surface area (Å²) in [4.78, 5) is 72.7. The van der Waals surface area contributed by atoms with Crippen LogP contribution in [-0.4, -0.2) is 96.7 Å². The highest BCUT2D eigenvalue weighted by Crippen LogP contribution is 2.45. The van der Waals surface area contributed by atoms with Gasteiger partial charge in [-0.2, -0.15) is 0 Å². The lowest BCUT2D eigenvalue weighted by Crippen LogP contribution is -2.30. The van der Waals surface area contributed by atoms with Crippen molar-refractivity contribution in [2.45, 2.75) is 399 Å². The highest BCUT2D eigenvalue weighted by Gasteiger charge is 2.30. The number of phosphoric ester groups is 2. The zero-order chi connectivity index (χ0) is 69.7. The van der Waals surface area contributed by atoms with Gasteiger partial charge in [-0.25, -0.2) is 9.13 Å². The van der Waals surface area contributed by atoms with Gasteiger partial charge in [0.05, 0.1) is 26.4 Å². The van der Waals surface area contributed by atoms with Crippen molar-refractivity contribution in [3.63, 3.8) is 0 Å². The van der Waals surface area contributed by atoms with Crippen LogP contribution in [0, 0.1) is 0 Å². The van der Waals surface area contributed by atoms with Crippen molar-refractivity contribution >= 4 is 39.5 Å². The maximum Gasteiger partial charge on any atom is 0.472 e. The second kappa shape index (κ2) is 70.0. The number of rotatable bonds is 75. The number of esters is 4. The molecule has 0 spiro atoms. The molecule has 0 aliphatic carbocycles. The van der Waals surface area contributed by atoms with Gasteiger partial charge in [-0.15, -0.1) is 0 Å². The van der Waals surface area contributed by atoms with Gasteiger partial charge in [0.1, 0.15) is 19.3 Å². The highest BCUT2D eigenvalue weighted by molar-refractivity contribution is 7.47. The Morgan fingerprint density at radius 3 is 0.768 bits per heavy atom. The summed E-state index contributed by atoms with van der Waals surface area (Å²) in [6.45, 7) is 4.91. The molecule has 560 valence electrons. The lowest BCUT2D eigenvalue weighted by atomic mass is 10.0. The van der Waals surface area contributed by atoms with Gasteiger partial charge in [0.15, 0.2) is 12.2 Å². The Bertz CT molecular complexity index is 1900. The zero-order valence-electron chi connectivity index (χ0n) is 61.1. The van der Waals surface area contributed by atoms with E-state index in [9.17, 15) is 43.2 Å². The van der Waals surface area contributed by atoms with Crippen molar-refractivity contribution in [3.05, 3.63) is 24.3 Å². The molecule has 0 rings (SSSR count). The van der Waals surface area contributed by atoms with Gasteiger partial charge >= 0.3 is 39.5 Å². The van der Waals surface area contributed by atoms with E-state index in [1.807, 2.05) is 0 Å². The molecule has 0 aromatic carbocycles. The first-order chi connectivity index (χ1) is 46.2. The average molecular weight is 1390 g/mol. The topological polar surface area (TPSA) is 237 Å². The first-order valence-electron chi connectivity index (χ1n) is 39.1. The molecule has 0 aliphatic heterocycles. The number of aliphatic hydroxyl groups excluding tert-OH is 1. The number of carbonyl (C=O) groups excluding carboxylic acids is 4. The molecule has 0 bridgehead atoms. The third-order valence-electron chi connectivity index (χ3n) is 17.2. The third-order valence-corrected chi connectivity index (χ3v) is 19.1. The minimum absolute atomic E-state index is 0.102. The molecule has 5 atom stereocenters.